The number of aromatic nitrogens is 3. The van der Waals surface area contributed by atoms with Crippen molar-refractivity contribution in [2.24, 2.45) is 0 Å². The molecule has 0 atom stereocenters. The molecule has 26 heavy (non-hydrogen) atoms. The van der Waals surface area contributed by atoms with E-state index in [4.69, 9.17) is 16.7 Å². The molecule has 0 bridgehead atoms. The summed E-state index contributed by atoms with van der Waals surface area (Å²) in [4.78, 5) is 8.93. The Morgan fingerprint density at radius 2 is 2.04 bits per heavy atom. The third-order valence-corrected chi connectivity index (χ3v) is 4.32. The summed E-state index contributed by atoms with van der Waals surface area (Å²) in [5.41, 5.74) is 3.35. The number of nitrogens with zero attached hydrogens (tertiary/aromatic N) is 3. The predicted octanol–water partition coefficient (Wildman–Crippen LogP) is 1.92. The maximum absolute atomic E-state index is 10.1. The molecule has 7 nitrogen and oxygen atoms in total. The van der Waals surface area contributed by atoms with E-state index in [1.165, 1.54) is 0 Å². The molecule has 0 aliphatic rings. The molecule has 0 radical (unpaired) electrons. The van der Waals surface area contributed by atoms with Crippen molar-refractivity contribution in [3.8, 4) is 5.75 Å². The van der Waals surface area contributed by atoms with Gasteiger partial charge in [0, 0.05) is 31.7 Å². The number of hydrogen-bond donors (Lipinski definition) is 4. The Balaban J connectivity index is 1.90. The van der Waals surface area contributed by atoms with Gasteiger partial charge in [0.2, 0.25) is 5.95 Å². The second-order valence-electron chi connectivity index (χ2n) is 5.85. The normalized spacial score (nSPS) is 11.2. The molecule has 0 spiro atoms. The summed E-state index contributed by atoms with van der Waals surface area (Å²) >= 11 is 5.98. The number of fused-ring (bicyclic) bond motifs is 1. The van der Waals surface area contributed by atoms with Crippen molar-refractivity contribution in [3.63, 3.8) is 0 Å². The highest BCUT2D eigenvalue weighted by Crippen LogP contribution is 2.25. The third-order valence-electron chi connectivity index (χ3n) is 4.01. The summed E-state index contributed by atoms with van der Waals surface area (Å²) < 4.78 is 1.99. The SMILES string of the molecule is OCCNCCNc1nc2ccc(CCl)cc2n1Cc1ncccc1O. The Bertz CT molecular complexity index is 868. The lowest BCUT2D eigenvalue weighted by Crippen LogP contribution is -2.25. The Morgan fingerprint density at radius 3 is 2.81 bits per heavy atom. The molecule has 0 saturated heterocycles. The molecular weight excluding hydrogens is 354 g/mol. The number of aliphatic hydroxyl groups is 1. The lowest BCUT2D eigenvalue weighted by molar-refractivity contribution is 0.293. The van der Waals surface area contributed by atoms with Crippen molar-refractivity contribution >= 4 is 28.6 Å². The molecule has 4 N–H and O–H groups in total. The fourth-order valence-corrected chi connectivity index (χ4v) is 2.88. The summed E-state index contributed by atoms with van der Waals surface area (Å²) in [6, 6.07) is 9.22. The lowest BCUT2D eigenvalue weighted by Gasteiger charge is -2.12. The van der Waals surface area contributed by atoms with Gasteiger partial charge in [0.25, 0.3) is 0 Å². The van der Waals surface area contributed by atoms with E-state index in [1.54, 1.807) is 18.3 Å². The van der Waals surface area contributed by atoms with Crippen molar-refractivity contribution < 1.29 is 10.2 Å². The maximum Gasteiger partial charge on any atom is 0.204 e. The van der Waals surface area contributed by atoms with Crippen LogP contribution in [0.4, 0.5) is 5.95 Å². The van der Waals surface area contributed by atoms with Crippen LogP contribution in [0.1, 0.15) is 11.3 Å². The molecule has 0 saturated carbocycles. The van der Waals surface area contributed by atoms with Crippen LogP contribution in [0.15, 0.2) is 36.5 Å². The highest BCUT2D eigenvalue weighted by atomic mass is 35.5. The third kappa shape index (κ3) is 4.24. The highest BCUT2D eigenvalue weighted by Gasteiger charge is 2.13. The van der Waals surface area contributed by atoms with Crippen LogP contribution >= 0.6 is 11.6 Å². The second-order valence-corrected chi connectivity index (χ2v) is 6.12. The minimum absolute atomic E-state index is 0.110. The number of rotatable bonds is 9. The smallest absolute Gasteiger partial charge is 0.204 e. The van der Waals surface area contributed by atoms with Crippen LogP contribution < -0.4 is 10.6 Å². The highest BCUT2D eigenvalue weighted by molar-refractivity contribution is 6.17. The van der Waals surface area contributed by atoms with E-state index in [1.807, 2.05) is 22.8 Å². The Hall–Kier alpha value is -2.35. The Morgan fingerprint density at radius 1 is 1.15 bits per heavy atom. The number of halogens is 1. The number of anilines is 1. The number of pyridine rings is 1. The number of hydrogen-bond acceptors (Lipinski definition) is 6. The molecule has 0 unspecified atom stereocenters. The van der Waals surface area contributed by atoms with Gasteiger partial charge in [-0.25, -0.2) is 4.98 Å². The summed E-state index contributed by atoms with van der Waals surface area (Å²) in [5.74, 6) is 1.27. The number of alkyl halides is 1. The number of nitrogens with one attached hydrogen (secondary N) is 2. The molecule has 2 heterocycles. The molecule has 0 aliphatic carbocycles. The van der Waals surface area contributed by atoms with Gasteiger partial charge in [-0.15, -0.1) is 11.6 Å². The van der Waals surface area contributed by atoms with Gasteiger partial charge in [-0.05, 0) is 29.8 Å². The van der Waals surface area contributed by atoms with Gasteiger partial charge >= 0.3 is 0 Å². The molecule has 138 valence electrons. The van der Waals surface area contributed by atoms with Gasteiger partial charge in [-0.3, -0.25) is 4.98 Å². The van der Waals surface area contributed by atoms with Crippen molar-refractivity contribution in [2.45, 2.75) is 12.4 Å². The molecule has 0 amide bonds. The fraction of sp³-hybridized carbons (Fsp3) is 0.333. The van der Waals surface area contributed by atoms with Gasteiger partial charge < -0.3 is 25.4 Å². The zero-order chi connectivity index (χ0) is 18.4. The van der Waals surface area contributed by atoms with Gasteiger partial charge in [0.05, 0.1) is 24.2 Å². The van der Waals surface area contributed by atoms with Crippen LogP contribution in [0.25, 0.3) is 11.0 Å². The first-order chi connectivity index (χ1) is 12.7. The number of aliphatic hydroxyl groups excluding tert-OH is 1. The van der Waals surface area contributed by atoms with Gasteiger partial charge in [0.1, 0.15) is 11.4 Å². The van der Waals surface area contributed by atoms with Crippen LogP contribution in [0.2, 0.25) is 0 Å². The molecule has 0 aliphatic heterocycles. The number of benzene rings is 1. The quantitative estimate of drug-likeness (QED) is 0.337. The maximum atomic E-state index is 10.1. The summed E-state index contributed by atoms with van der Waals surface area (Å²) in [6.07, 6.45) is 1.66. The van der Waals surface area contributed by atoms with Gasteiger partial charge in [-0.1, -0.05) is 6.07 Å². The first-order valence-corrected chi connectivity index (χ1v) is 9.00. The average Bonchev–Trinajstić information content (AvgIpc) is 3.00. The van der Waals surface area contributed by atoms with E-state index in [9.17, 15) is 5.11 Å². The largest absolute Gasteiger partial charge is 0.506 e. The Kier molecular flexibility index (Phi) is 6.27. The second kappa shape index (κ2) is 8.84. The molecule has 1 aromatic carbocycles. The van der Waals surface area contributed by atoms with Crippen LogP contribution in [-0.4, -0.2) is 51.0 Å². The van der Waals surface area contributed by atoms with Crippen LogP contribution in [0.3, 0.4) is 0 Å². The number of aromatic hydroxyl groups is 1. The van der Waals surface area contributed by atoms with E-state index >= 15 is 0 Å². The van der Waals surface area contributed by atoms with E-state index in [2.05, 4.69) is 20.6 Å². The van der Waals surface area contributed by atoms with Gasteiger partial charge in [-0.2, -0.15) is 0 Å². The fourth-order valence-electron chi connectivity index (χ4n) is 2.71. The average molecular weight is 376 g/mol. The molecule has 3 aromatic rings. The first kappa shape index (κ1) is 18.4. The van der Waals surface area contributed by atoms with Crippen molar-refractivity contribution in [2.75, 3.05) is 31.6 Å². The van der Waals surface area contributed by atoms with E-state index in [0.717, 1.165) is 16.6 Å². The van der Waals surface area contributed by atoms with E-state index < -0.39 is 0 Å². The topological polar surface area (TPSA) is 95.2 Å². The Labute approximate surface area is 156 Å². The summed E-state index contributed by atoms with van der Waals surface area (Å²) in [5, 5.41) is 25.3. The van der Waals surface area contributed by atoms with Crippen molar-refractivity contribution in [3.05, 3.63) is 47.8 Å². The summed E-state index contributed by atoms with van der Waals surface area (Å²) in [7, 11) is 0. The molecular formula is C18H22ClN5O2. The molecule has 8 heteroatoms. The lowest BCUT2D eigenvalue weighted by atomic mass is 10.2. The minimum atomic E-state index is 0.110. The van der Waals surface area contributed by atoms with E-state index in [0.29, 0.717) is 43.7 Å². The zero-order valence-corrected chi connectivity index (χ0v) is 15.1. The summed E-state index contributed by atoms with van der Waals surface area (Å²) in [6.45, 7) is 2.41. The molecule has 2 aromatic heterocycles. The predicted molar refractivity (Wildman–Crippen MR) is 103 cm³/mol. The van der Waals surface area contributed by atoms with Crippen molar-refractivity contribution in [1.29, 1.82) is 0 Å². The van der Waals surface area contributed by atoms with E-state index in [-0.39, 0.29) is 12.4 Å². The molecule has 3 rings (SSSR count). The monoisotopic (exact) mass is 375 g/mol. The van der Waals surface area contributed by atoms with Crippen LogP contribution in [0, 0.1) is 0 Å². The van der Waals surface area contributed by atoms with Crippen LogP contribution in [-0.2, 0) is 12.4 Å². The number of imidazole rings is 1. The molecule has 0 fully saturated rings. The van der Waals surface area contributed by atoms with Crippen LogP contribution in [0.5, 0.6) is 5.75 Å². The van der Waals surface area contributed by atoms with Crippen molar-refractivity contribution in [1.82, 2.24) is 19.9 Å². The van der Waals surface area contributed by atoms with Gasteiger partial charge in [0.15, 0.2) is 0 Å². The minimum Gasteiger partial charge on any atom is -0.506 e. The standard InChI is InChI=1S/C18H22ClN5O2/c19-11-13-3-4-14-16(10-13)24(12-15-17(26)2-1-5-21-15)18(23-14)22-7-6-20-8-9-25/h1-5,10,20,25-26H,6-9,11-12H2,(H,22,23). The first-order valence-electron chi connectivity index (χ1n) is 8.46. The zero-order valence-electron chi connectivity index (χ0n) is 14.3.